The summed E-state index contributed by atoms with van der Waals surface area (Å²) in [4.78, 5) is 14.6. The van der Waals surface area contributed by atoms with E-state index in [-0.39, 0.29) is 23.5 Å². The quantitative estimate of drug-likeness (QED) is 0.798. The molecule has 1 aliphatic heterocycles. The Morgan fingerprint density at radius 1 is 1.16 bits per heavy atom. The zero-order chi connectivity index (χ0) is 14.0. The van der Waals surface area contributed by atoms with Gasteiger partial charge in [0.25, 0.3) is 0 Å². The lowest BCUT2D eigenvalue weighted by Crippen LogP contribution is -2.45. The summed E-state index contributed by atoms with van der Waals surface area (Å²) < 4.78 is 0. The van der Waals surface area contributed by atoms with Crippen LogP contribution in [0.15, 0.2) is 0 Å². The molecule has 0 spiro atoms. The highest BCUT2D eigenvalue weighted by Gasteiger charge is 2.32. The first-order valence-electron chi connectivity index (χ1n) is 7.60. The summed E-state index contributed by atoms with van der Waals surface area (Å²) >= 11 is 0. The average molecular weight is 268 g/mol. The summed E-state index contributed by atoms with van der Waals surface area (Å²) in [5.74, 6) is 0.319. The molecule has 2 aliphatic rings. The summed E-state index contributed by atoms with van der Waals surface area (Å²) in [6.45, 7) is 8.70. The van der Waals surface area contributed by atoms with E-state index in [1.165, 1.54) is 0 Å². The van der Waals surface area contributed by atoms with E-state index >= 15 is 0 Å². The molecule has 19 heavy (non-hydrogen) atoms. The smallest absolute Gasteiger partial charge is 0.223 e. The third-order valence-electron chi connectivity index (χ3n) is 4.55. The van der Waals surface area contributed by atoms with Crippen LogP contribution in [0.4, 0.5) is 0 Å². The van der Waals surface area contributed by atoms with Gasteiger partial charge in [0.1, 0.15) is 0 Å². The Hall–Kier alpha value is -0.610. The van der Waals surface area contributed by atoms with Crippen molar-refractivity contribution in [1.82, 2.24) is 10.2 Å². The second-order valence-corrected chi connectivity index (χ2v) is 7.12. The molecule has 2 N–H and O–H groups in total. The van der Waals surface area contributed by atoms with Crippen molar-refractivity contribution in [2.75, 3.05) is 13.1 Å². The van der Waals surface area contributed by atoms with Crippen LogP contribution in [0, 0.1) is 5.92 Å². The molecule has 0 unspecified atom stereocenters. The molecule has 0 aromatic rings. The largest absolute Gasteiger partial charge is 0.393 e. The van der Waals surface area contributed by atoms with Crippen molar-refractivity contribution in [2.24, 2.45) is 5.92 Å². The first-order valence-corrected chi connectivity index (χ1v) is 7.60. The fraction of sp³-hybridized carbons (Fsp3) is 0.933. The molecular weight excluding hydrogens is 240 g/mol. The van der Waals surface area contributed by atoms with Crippen LogP contribution in [0.1, 0.15) is 52.9 Å². The number of aliphatic hydroxyl groups excluding tert-OH is 1. The predicted molar refractivity (Wildman–Crippen MR) is 75.8 cm³/mol. The lowest BCUT2D eigenvalue weighted by molar-refractivity contribution is -0.127. The van der Waals surface area contributed by atoms with E-state index in [1.54, 1.807) is 0 Å². The number of hydrogen-bond donors (Lipinski definition) is 2. The Kier molecular flexibility index (Phi) is 4.51. The van der Waals surface area contributed by atoms with Gasteiger partial charge in [-0.25, -0.2) is 0 Å². The Morgan fingerprint density at radius 2 is 1.79 bits per heavy atom. The summed E-state index contributed by atoms with van der Waals surface area (Å²) in [6.07, 6.45) is 4.09. The first-order chi connectivity index (χ1) is 8.86. The zero-order valence-electron chi connectivity index (χ0n) is 12.5. The van der Waals surface area contributed by atoms with Crippen molar-refractivity contribution >= 4 is 5.91 Å². The molecule has 0 bridgehead atoms. The summed E-state index contributed by atoms with van der Waals surface area (Å²) in [6, 6.07) is 0.304. The second-order valence-electron chi connectivity index (χ2n) is 7.12. The number of hydrogen-bond acceptors (Lipinski definition) is 3. The van der Waals surface area contributed by atoms with Gasteiger partial charge in [-0.05, 0) is 52.9 Å². The van der Waals surface area contributed by atoms with Gasteiger partial charge in [0.15, 0.2) is 0 Å². The van der Waals surface area contributed by atoms with E-state index < -0.39 is 0 Å². The van der Waals surface area contributed by atoms with Gasteiger partial charge in [-0.3, -0.25) is 9.69 Å². The maximum Gasteiger partial charge on any atom is 0.223 e. The van der Waals surface area contributed by atoms with Crippen LogP contribution in [0.5, 0.6) is 0 Å². The van der Waals surface area contributed by atoms with Gasteiger partial charge in [-0.1, -0.05) is 0 Å². The van der Waals surface area contributed by atoms with Crippen molar-refractivity contribution in [1.29, 1.82) is 0 Å². The van der Waals surface area contributed by atoms with Crippen LogP contribution >= 0.6 is 0 Å². The predicted octanol–water partition coefficient (Wildman–Crippen LogP) is 1.53. The molecule has 1 amide bonds. The summed E-state index contributed by atoms with van der Waals surface area (Å²) in [7, 11) is 0. The molecule has 0 aromatic carbocycles. The molecule has 1 saturated carbocycles. The van der Waals surface area contributed by atoms with Crippen LogP contribution in [0.2, 0.25) is 0 Å². The van der Waals surface area contributed by atoms with Crippen molar-refractivity contribution in [3.05, 3.63) is 0 Å². The molecule has 4 nitrogen and oxygen atoms in total. The number of nitrogens with one attached hydrogen (secondary N) is 1. The van der Waals surface area contributed by atoms with Gasteiger partial charge in [0.05, 0.1) is 6.10 Å². The van der Waals surface area contributed by atoms with E-state index in [2.05, 4.69) is 31.0 Å². The zero-order valence-corrected chi connectivity index (χ0v) is 12.5. The van der Waals surface area contributed by atoms with Crippen LogP contribution in [0.3, 0.4) is 0 Å². The minimum absolute atomic E-state index is 0.118. The van der Waals surface area contributed by atoms with Crippen molar-refractivity contribution in [2.45, 2.75) is 70.6 Å². The molecule has 2 fully saturated rings. The second kappa shape index (κ2) is 5.80. The molecule has 1 saturated heterocycles. The molecule has 0 radical (unpaired) electrons. The maximum atomic E-state index is 12.2. The Bertz CT molecular complexity index is 317. The third-order valence-corrected chi connectivity index (χ3v) is 4.55. The lowest BCUT2D eigenvalue weighted by Gasteiger charge is -2.32. The lowest BCUT2D eigenvalue weighted by atomic mass is 9.87. The van der Waals surface area contributed by atoms with Gasteiger partial charge in [-0.2, -0.15) is 0 Å². The normalized spacial score (nSPS) is 33.4. The number of carbonyl (C=O) groups excluding carboxylic acids is 1. The van der Waals surface area contributed by atoms with Crippen LogP contribution < -0.4 is 5.32 Å². The topological polar surface area (TPSA) is 52.6 Å². The van der Waals surface area contributed by atoms with E-state index in [4.69, 9.17) is 0 Å². The molecule has 0 aromatic heterocycles. The van der Waals surface area contributed by atoms with E-state index in [9.17, 15) is 9.90 Å². The van der Waals surface area contributed by atoms with E-state index in [1.807, 2.05) is 0 Å². The van der Waals surface area contributed by atoms with Crippen LogP contribution in [-0.2, 0) is 4.79 Å². The minimum atomic E-state index is -0.188. The highest BCUT2D eigenvalue weighted by molar-refractivity contribution is 5.79. The molecular formula is C15H28N2O2. The fourth-order valence-electron chi connectivity index (χ4n) is 3.14. The fourth-order valence-corrected chi connectivity index (χ4v) is 3.14. The SMILES string of the molecule is CC(C)(C)N1CC[C@H](NC(=O)C2CCC(O)CC2)C1. The third kappa shape index (κ3) is 3.93. The molecule has 110 valence electrons. The van der Waals surface area contributed by atoms with Crippen LogP contribution in [-0.4, -0.2) is 46.7 Å². The van der Waals surface area contributed by atoms with Gasteiger partial charge in [-0.15, -0.1) is 0 Å². The Labute approximate surface area is 116 Å². The van der Waals surface area contributed by atoms with Crippen molar-refractivity contribution < 1.29 is 9.90 Å². The Morgan fingerprint density at radius 3 is 2.32 bits per heavy atom. The highest BCUT2D eigenvalue weighted by atomic mass is 16.3. The molecule has 1 heterocycles. The van der Waals surface area contributed by atoms with Gasteiger partial charge >= 0.3 is 0 Å². The number of amides is 1. The van der Waals surface area contributed by atoms with Crippen molar-refractivity contribution in [3.63, 3.8) is 0 Å². The average Bonchev–Trinajstić information content (AvgIpc) is 2.78. The monoisotopic (exact) mass is 268 g/mol. The first kappa shape index (κ1) is 14.8. The summed E-state index contributed by atoms with van der Waals surface area (Å²) in [5.41, 5.74) is 0.189. The van der Waals surface area contributed by atoms with E-state index in [0.717, 1.165) is 45.2 Å². The molecule has 2 rings (SSSR count). The maximum absolute atomic E-state index is 12.2. The highest BCUT2D eigenvalue weighted by Crippen LogP contribution is 2.25. The number of nitrogens with zero attached hydrogens (tertiary/aromatic N) is 1. The van der Waals surface area contributed by atoms with Gasteiger partial charge in [0, 0.05) is 30.6 Å². The molecule has 4 heteroatoms. The standard InChI is InChI=1S/C15H28N2O2/c1-15(2,3)17-9-8-12(10-17)16-14(19)11-4-6-13(18)7-5-11/h11-13,18H,4-10H2,1-3H3,(H,16,19)/t11?,12-,13?/m0/s1. The van der Waals surface area contributed by atoms with Crippen molar-refractivity contribution in [3.8, 4) is 0 Å². The Balaban J connectivity index is 1.78. The number of rotatable bonds is 2. The van der Waals surface area contributed by atoms with Gasteiger partial charge < -0.3 is 10.4 Å². The number of likely N-dealkylation sites (tertiary alicyclic amines) is 1. The summed E-state index contributed by atoms with van der Waals surface area (Å²) in [5, 5.41) is 12.7. The molecule has 1 aliphatic carbocycles. The van der Waals surface area contributed by atoms with Crippen LogP contribution in [0.25, 0.3) is 0 Å². The van der Waals surface area contributed by atoms with E-state index in [0.29, 0.717) is 6.04 Å². The number of carbonyl (C=O) groups is 1. The van der Waals surface area contributed by atoms with Gasteiger partial charge in [0.2, 0.25) is 5.91 Å². The number of aliphatic hydroxyl groups is 1. The minimum Gasteiger partial charge on any atom is -0.393 e. The molecule has 1 atom stereocenters.